The molecule has 0 bridgehead atoms. The second-order valence-corrected chi connectivity index (χ2v) is 7.35. The maximum Gasteiger partial charge on any atom is 0.416 e. The maximum absolute atomic E-state index is 13.0. The van der Waals surface area contributed by atoms with Gasteiger partial charge in [0, 0.05) is 16.8 Å². The van der Waals surface area contributed by atoms with Crippen molar-refractivity contribution in [3.8, 4) is 16.9 Å². The summed E-state index contributed by atoms with van der Waals surface area (Å²) in [5.74, 6) is 0.0865. The van der Waals surface area contributed by atoms with E-state index in [0.29, 0.717) is 29.0 Å². The molecule has 0 radical (unpaired) electrons. The highest BCUT2D eigenvalue weighted by Crippen LogP contribution is 2.34. The molecule has 0 fully saturated rings. The van der Waals surface area contributed by atoms with E-state index in [4.69, 9.17) is 4.74 Å². The molecule has 0 aliphatic heterocycles. The SMILES string of the molecule is O=C(Nc1cccc(C(F)(F)F)c1)c1ccccc1-c1ccccc1OCc1ccccc1. The minimum atomic E-state index is -4.49. The Hall–Kier alpha value is -4.06. The summed E-state index contributed by atoms with van der Waals surface area (Å²) in [6.45, 7) is 0.358. The normalized spacial score (nSPS) is 11.1. The van der Waals surface area contributed by atoms with Gasteiger partial charge in [-0.1, -0.05) is 72.8 Å². The van der Waals surface area contributed by atoms with Crippen molar-refractivity contribution in [2.24, 2.45) is 0 Å². The number of para-hydroxylation sites is 1. The van der Waals surface area contributed by atoms with E-state index in [-0.39, 0.29) is 5.69 Å². The van der Waals surface area contributed by atoms with Crippen molar-refractivity contribution in [3.05, 3.63) is 120 Å². The summed E-state index contributed by atoms with van der Waals surface area (Å²) in [7, 11) is 0. The fourth-order valence-electron chi connectivity index (χ4n) is 3.44. The van der Waals surface area contributed by atoms with Crippen molar-refractivity contribution in [1.82, 2.24) is 0 Å². The summed E-state index contributed by atoms with van der Waals surface area (Å²) in [4.78, 5) is 13.0. The van der Waals surface area contributed by atoms with Crippen molar-refractivity contribution in [1.29, 1.82) is 0 Å². The van der Waals surface area contributed by atoms with E-state index in [1.165, 1.54) is 12.1 Å². The summed E-state index contributed by atoms with van der Waals surface area (Å²) in [6, 6.07) is 28.5. The largest absolute Gasteiger partial charge is 0.488 e. The summed E-state index contributed by atoms with van der Waals surface area (Å²) < 4.78 is 45.1. The van der Waals surface area contributed by atoms with Gasteiger partial charge in [-0.3, -0.25) is 4.79 Å². The average molecular weight is 447 g/mol. The van der Waals surface area contributed by atoms with Crippen LogP contribution in [0.2, 0.25) is 0 Å². The summed E-state index contributed by atoms with van der Waals surface area (Å²) in [5, 5.41) is 2.58. The van der Waals surface area contributed by atoms with E-state index >= 15 is 0 Å². The van der Waals surface area contributed by atoms with E-state index in [1.807, 2.05) is 54.6 Å². The molecular weight excluding hydrogens is 427 g/mol. The Morgan fingerprint density at radius 3 is 2.18 bits per heavy atom. The zero-order chi connectivity index (χ0) is 23.3. The number of alkyl halides is 3. The Morgan fingerprint density at radius 1 is 0.758 bits per heavy atom. The number of benzene rings is 4. The molecule has 4 rings (SSSR count). The van der Waals surface area contributed by atoms with Crippen LogP contribution >= 0.6 is 0 Å². The van der Waals surface area contributed by atoms with Gasteiger partial charge < -0.3 is 10.1 Å². The van der Waals surface area contributed by atoms with Crippen LogP contribution in [0.4, 0.5) is 18.9 Å². The lowest BCUT2D eigenvalue weighted by Crippen LogP contribution is -2.14. The van der Waals surface area contributed by atoms with Crippen LogP contribution in [0.15, 0.2) is 103 Å². The molecule has 1 amide bonds. The average Bonchev–Trinajstić information content (AvgIpc) is 2.83. The van der Waals surface area contributed by atoms with Gasteiger partial charge in [0.1, 0.15) is 12.4 Å². The lowest BCUT2D eigenvalue weighted by Gasteiger charge is -2.15. The van der Waals surface area contributed by atoms with E-state index in [0.717, 1.165) is 17.7 Å². The van der Waals surface area contributed by atoms with Crippen LogP contribution in [0.1, 0.15) is 21.5 Å². The van der Waals surface area contributed by atoms with Crippen molar-refractivity contribution in [3.63, 3.8) is 0 Å². The maximum atomic E-state index is 13.0. The molecule has 33 heavy (non-hydrogen) atoms. The van der Waals surface area contributed by atoms with Crippen molar-refractivity contribution < 1.29 is 22.7 Å². The lowest BCUT2D eigenvalue weighted by atomic mass is 9.98. The van der Waals surface area contributed by atoms with Gasteiger partial charge in [-0.2, -0.15) is 13.2 Å². The van der Waals surface area contributed by atoms with Crippen LogP contribution in [0.5, 0.6) is 5.75 Å². The first-order valence-corrected chi connectivity index (χ1v) is 10.3. The van der Waals surface area contributed by atoms with Crippen molar-refractivity contribution >= 4 is 11.6 Å². The molecule has 0 aromatic heterocycles. The number of carbonyl (C=O) groups excluding carboxylic acids is 1. The topological polar surface area (TPSA) is 38.3 Å². The van der Waals surface area contributed by atoms with Crippen LogP contribution in [-0.4, -0.2) is 5.91 Å². The number of nitrogens with one attached hydrogen (secondary N) is 1. The zero-order valence-corrected chi connectivity index (χ0v) is 17.5. The number of anilines is 1. The molecule has 0 aliphatic rings. The van der Waals surface area contributed by atoms with Gasteiger partial charge in [0.25, 0.3) is 5.91 Å². The van der Waals surface area contributed by atoms with E-state index in [9.17, 15) is 18.0 Å². The molecule has 1 N–H and O–H groups in total. The van der Waals surface area contributed by atoms with Crippen LogP contribution in [-0.2, 0) is 12.8 Å². The monoisotopic (exact) mass is 447 g/mol. The minimum absolute atomic E-state index is 0.0678. The summed E-state index contributed by atoms with van der Waals surface area (Å²) in [5.41, 5.74) is 1.90. The third-order valence-electron chi connectivity index (χ3n) is 5.03. The van der Waals surface area contributed by atoms with Gasteiger partial charge in [-0.15, -0.1) is 0 Å². The Kier molecular flexibility index (Phi) is 6.45. The molecule has 0 spiro atoms. The molecule has 0 unspecified atom stereocenters. The fourth-order valence-corrected chi connectivity index (χ4v) is 3.44. The zero-order valence-electron chi connectivity index (χ0n) is 17.5. The molecule has 4 aromatic carbocycles. The molecule has 0 aliphatic carbocycles. The second kappa shape index (κ2) is 9.61. The van der Waals surface area contributed by atoms with Crippen molar-refractivity contribution in [2.45, 2.75) is 12.8 Å². The number of carbonyl (C=O) groups is 1. The Labute approximate surface area is 189 Å². The van der Waals surface area contributed by atoms with Crippen molar-refractivity contribution in [2.75, 3.05) is 5.32 Å². The molecule has 166 valence electrons. The summed E-state index contributed by atoms with van der Waals surface area (Å²) >= 11 is 0. The van der Waals surface area contributed by atoms with Crippen LogP contribution in [0, 0.1) is 0 Å². The first kappa shape index (κ1) is 22.1. The first-order valence-electron chi connectivity index (χ1n) is 10.3. The third-order valence-corrected chi connectivity index (χ3v) is 5.03. The highest BCUT2D eigenvalue weighted by molar-refractivity contribution is 6.09. The van der Waals surface area contributed by atoms with Gasteiger partial charge in [-0.05, 0) is 41.5 Å². The summed E-state index contributed by atoms with van der Waals surface area (Å²) in [6.07, 6.45) is -4.49. The lowest BCUT2D eigenvalue weighted by molar-refractivity contribution is -0.137. The molecule has 4 aromatic rings. The van der Waals surface area contributed by atoms with Gasteiger partial charge in [0.15, 0.2) is 0 Å². The van der Waals surface area contributed by atoms with Gasteiger partial charge in [0.2, 0.25) is 0 Å². The molecule has 0 heterocycles. The smallest absolute Gasteiger partial charge is 0.416 e. The second-order valence-electron chi connectivity index (χ2n) is 7.35. The van der Waals surface area contributed by atoms with E-state index in [1.54, 1.807) is 24.3 Å². The molecule has 6 heteroatoms. The number of ether oxygens (including phenoxy) is 1. The minimum Gasteiger partial charge on any atom is -0.488 e. The fraction of sp³-hybridized carbons (Fsp3) is 0.0741. The predicted octanol–water partition coefficient (Wildman–Crippen LogP) is 7.20. The number of rotatable bonds is 6. The van der Waals surface area contributed by atoms with Crippen LogP contribution < -0.4 is 10.1 Å². The van der Waals surface area contributed by atoms with Crippen LogP contribution in [0.25, 0.3) is 11.1 Å². The third kappa shape index (κ3) is 5.41. The Balaban J connectivity index is 1.61. The molecular formula is C27H20F3NO2. The Morgan fingerprint density at radius 2 is 1.42 bits per heavy atom. The molecule has 0 atom stereocenters. The number of hydrogen-bond donors (Lipinski definition) is 1. The number of hydrogen-bond acceptors (Lipinski definition) is 2. The predicted molar refractivity (Wildman–Crippen MR) is 122 cm³/mol. The number of halogens is 3. The first-order chi connectivity index (χ1) is 15.9. The standard InChI is InChI=1S/C27H20F3NO2/c28-27(29,30)20-11-8-12-21(17-20)31-26(32)24-15-5-4-13-22(24)23-14-6-7-16-25(23)33-18-19-9-2-1-3-10-19/h1-17H,18H2,(H,31,32). The van der Waals surface area contributed by atoms with E-state index < -0.39 is 17.6 Å². The van der Waals surface area contributed by atoms with Crippen LogP contribution in [0.3, 0.4) is 0 Å². The quantitative estimate of drug-likeness (QED) is 0.339. The van der Waals surface area contributed by atoms with E-state index in [2.05, 4.69) is 5.32 Å². The van der Waals surface area contributed by atoms with Gasteiger partial charge >= 0.3 is 6.18 Å². The number of amides is 1. The Bertz CT molecular complexity index is 1250. The highest BCUT2D eigenvalue weighted by Gasteiger charge is 2.30. The van der Waals surface area contributed by atoms with Gasteiger partial charge in [-0.25, -0.2) is 0 Å². The molecule has 0 saturated carbocycles. The highest BCUT2D eigenvalue weighted by atomic mass is 19.4. The molecule has 3 nitrogen and oxygen atoms in total. The molecule has 0 saturated heterocycles. The van der Waals surface area contributed by atoms with Gasteiger partial charge in [0.05, 0.1) is 5.56 Å².